The van der Waals surface area contributed by atoms with E-state index in [0.717, 1.165) is 11.8 Å². The van der Waals surface area contributed by atoms with E-state index in [9.17, 15) is 24.9 Å². The van der Waals surface area contributed by atoms with Crippen molar-refractivity contribution in [3.05, 3.63) is 10.6 Å². The van der Waals surface area contributed by atoms with Crippen molar-refractivity contribution in [2.24, 2.45) is 23.0 Å². The smallest absolute Gasteiger partial charge is 0.318 e. The molecule has 4 N–H and O–H groups in total. The highest BCUT2D eigenvalue weighted by atomic mass is 32.2. The van der Waals surface area contributed by atoms with Crippen molar-refractivity contribution in [1.82, 2.24) is 10.6 Å². The number of nitrogens with two attached hydrogens (primary N) is 1. The summed E-state index contributed by atoms with van der Waals surface area (Å²) in [5.74, 6) is -2.34. The molecule has 4 amide bonds. The number of nitrogens with one attached hydrogen (secondary N) is 2. The van der Waals surface area contributed by atoms with Gasteiger partial charge >= 0.3 is 6.03 Å². The molecule has 1 aliphatic rings. The van der Waals surface area contributed by atoms with Crippen LogP contribution in [-0.2, 0) is 9.59 Å². The molecule has 0 bridgehead atoms. The molecule has 0 radical (unpaired) electrons. The SMILES string of the molecule is CC(C)[C@H](SC1=C(C#N)C(C)(C)[C@H](C#N)C(=O)N1)C(=O)NC(N)=O. The second kappa shape index (κ2) is 7.37. The van der Waals surface area contributed by atoms with Gasteiger partial charge in [-0.25, -0.2) is 4.79 Å². The van der Waals surface area contributed by atoms with E-state index in [2.05, 4.69) is 5.32 Å². The molecule has 1 aliphatic heterocycles. The minimum absolute atomic E-state index is 0.199. The first-order valence-corrected chi connectivity index (χ1v) is 8.06. The van der Waals surface area contributed by atoms with E-state index in [1.165, 1.54) is 0 Å². The zero-order valence-electron chi connectivity index (χ0n) is 13.8. The van der Waals surface area contributed by atoms with Crippen LogP contribution in [-0.4, -0.2) is 23.1 Å². The van der Waals surface area contributed by atoms with Crippen molar-refractivity contribution in [3.8, 4) is 12.1 Å². The lowest BCUT2D eigenvalue weighted by Crippen LogP contribution is -2.46. The number of allylic oxidation sites excluding steroid dienone is 1. The van der Waals surface area contributed by atoms with Gasteiger partial charge in [0.05, 0.1) is 28.0 Å². The van der Waals surface area contributed by atoms with Crippen LogP contribution in [0.2, 0.25) is 0 Å². The van der Waals surface area contributed by atoms with E-state index in [1.807, 2.05) is 17.5 Å². The summed E-state index contributed by atoms with van der Waals surface area (Å²) in [6.07, 6.45) is 0. The summed E-state index contributed by atoms with van der Waals surface area (Å²) in [7, 11) is 0. The molecule has 24 heavy (non-hydrogen) atoms. The summed E-state index contributed by atoms with van der Waals surface area (Å²) in [4.78, 5) is 35.2. The van der Waals surface area contributed by atoms with Crippen molar-refractivity contribution in [1.29, 1.82) is 10.5 Å². The Labute approximate surface area is 144 Å². The second-order valence-electron chi connectivity index (χ2n) is 6.22. The number of urea groups is 1. The fourth-order valence-corrected chi connectivity index (χ4v) is 3.60. The lowest BCUT2D eigenvalue weighted by molar-refractivity contribution is -0.125. The van der Waals surface area contributed by atoms with Crippen LogP contribution in [0.5, 0.6) is 0 Å². The predicted molar refractivity (Wildman–Crippen MR) is 87.6 cm³/mol. The Morgan fingerprint density at radius 1 is 1.38 bits per heavy atom. The van der Waals surface area contributed by atoms with Crippen molar-refractivity contribution in [2.45, 2.75) is 32.9 Å². The zero-order valence-corrected chi connectivity index (χ0v) is 14.7. The van der Waals surface area contributed by atoms with Gasteiger partial charge in [0, 0.05) is 5.41 Å². The largest absolute Gasteiger partial charge is 0.351 e. The first-order valence-electron chi connectivity index (χ1n) is 7.18. The normalized spacial score (nSPS) is 20.6. The van der Waals surface area contributed by atoms with E-state index < -0.39 is 34.4 Å². The second-order valence-corrected chi connectivity index (χ2v) is 7.38. The van der Waals surface area contributed by atoms with Crippen LogP contribution in [0.3, 0.4) is 0 Å². The number of rotatable bonds is 4. The minimum atomic E-state index is -1.01. The molecule has 1 rings (SSSR count). The van der Waals surface area contributed by atoms with Crippen LogP contribution in [0.4, 0.5) is 4.79 Å². The summed E-state index contributed by atoms with van der Waals surface area (Å²) in [5.41, 5.74) is 4.20. The maximum Gasteiger partial charge on any atom is 0.318 e. The summed E-state index contributed by atoms with van der Waals surface area (Å²) in [5, 5.41) is 22.7. The fraction of sp³-hybridized carbons (Fsp3) is 0.533. The van der Waals surface area contributed by atoms with Crippen LogP contribution in [0.25, 0.3) is 0 Å². The molecule has 0 saturated heterocycles. The molecular formula is C15H19N5O3S. The Hall–Kier alpha value is -2.52. The van der Waals surface area contributed by atoms with Crippen LogP contribution >= 0.6 is 11.8 Å². The third kappa shape index (κ3) is 3.87. The number of thioether (sulfide) groups is 1. The van der Waals surface area contributed by atoms with Gasteiger partial charge in [0.15, 0.2) is 0 Å². The third-order valence-corrected chi connectivity index (χ3v) is 5.24. The first-order chi connectivity index (χ1) is 11.1. The number of nitrogens with zero attached hydrogens (tertiary/aromatic N) is 2. The molecule has 0 aliphatic carbocycles. The van der Waals surface area contributed by atoms with Gasteiger partial charge in [-0.15, -0.1) is 0 Å². The highest BCUT2D eigenvalue weighted by Crippen LogP contribution is 2.43. The molecule has 2 atom stereocenters. The molecule has 8 nitrogen and oxygen atoms in total. The average Bonchev–Trinajstić information content (AvgIpc) is 2.42. The summed E-state index contributed by atoms with van der Waals surface area (Å²) < 4.78 is 0. The highest BCUT2D eigenvalue weighted by molar-refractivity contribution is 8.04. The fourth-order valence-electron chi connectivity index (χ4n) is 2.33. The van der Waals surface area contributed by atoms with Gasteiger partial charge < -0.3 is 11.1 Å². The number of nitriles is 2. The standard InChI is InChI=1S/C15H19N5O3S/c1-7(2)10(12(22)20-14(18)23)24-13-9(6-17)15(3,4)8(5-16)11(21)19-13/h7-8,10H,1-4H3,(H,19,21)(H3,18,20,22,23)/t8-,10+/m1/s1. The lowest BCUT2D eigenvalue weighted by Gasteiger charge is -2.35. The van der Waals surface area contributed by atoms with Gasteiger partial charge in [0.2, 0.25) is 11.8 Å². The van der Waals surface area contributed by atoms with Gasteiger partial charge in [0.25, 0.3) is 0 Å². The molecule has 0 unspecified atom stereocenters. The minimum Gasteiger partial charge on any atom is -0.351 e. The van der Waals surface area contributed by atoms with Crippen LogP contribution in [0.1, 0.15) is 27.7 Å². The van der Waals surface area contributed by atoms with Gasteiger partial charge in [0.1, 0.15) is 5.92 Å². The average molecular weight is 349 g/mol. The Morgan fingerprint density at radius 3 is 2.38 bits per heavy atom. The number of carbonyl (C=O) groups is 3. The lowest BCUT2D eigenvalue weighted by atomic mass is 9.72. The molecule has 128 valence electrons. The molecule has 1 heterocycles. The Balaban J connectivity index is 3.27. The molecule has 0 aromatic carbocycles. The first kappa shape index (κ1) is 19.5. The molecule has 0 saturated carbocycles. The van der Waals surface area contributed by atoms with Crippen molar-refractivity contribution in [3.63, 3.8) is 0 Å². The zero-order chi connectivity index (χ0) is 18.7. The van der Waals surface area contributed by atoms with E-state index in [-0.39, 0.29) is 16.5 Å². The van der Waals surface area contributed by atoms with Gasteiger partial charge in [-0.2, -0.15) is 10.5 Å². The van der Waals surface area contributed by atoms with Gasteiger partial charge in [-0.1, -0.05) is 39.5 Å². The Morgan fingerprint density at radius 2 is 1.96 bits per heavy atom. The Kier molecular flexibility index (Phi) is 5.99. The number of primary amides is 1. The summed E-state index contributed by atoms with van der Waals surface area (Å²) in [6.45, 7) is 6.79. The van der Waals surface area contributed by atoms with E-state index in [4.69, 9.17) is 5.73 Å². The number of amides is 4. The highest BCUT2D eigenvalue weighted by Gasteiger charge is 2.45. The predicted octanol–water partition coefficient (Wildman–Crippen LogP) is 0.970. The number of imide groups is 1. The van der Waals surface area contributed by atoms with Crippen molar-refractivity contribution in [2.75, 3.05) is 0 Å². The summed E-state index contributed by atoms with van der Waals surface area (Å²) in [6, 6.07) is 2.96. The number of hydrogen-bond donors (Lipinski definition) is 3. The van der Waals surface area contributed by atoms with Crippen LogP contribution in [0.15, 0.2) is 10.6 Å². The van der Waals surface area contributed by atoms with Gasteiger partial charge in [-0.05, 0) is 5.92 Å². The molecule has 0 aromatic heterocycles. The number of carbonyl (C=O) groups excluding carboxylic acids is 3. The maximum absolute atomic E-state index is 12.1. The monoisotopic (exact) mass is 349 g/mol. The number of hydrogen-bond acceptors (Lipinski definition) is 6. The molecule has 0 aromatic rings. The molecule has 0 spiro atoms. The quantitative estimate of drug-likeness (QED) is 0.688. The third-order valence-electron chi connectivity index (χ3n) is 3.69. The summed E-state index contributed by atoms with van der Waals surface area (Å²) >= 11 is 0.971. The maximum atomic E-state index is 12.1. The molecule has 0 fully saturated rings. The molecule has 9 heteroatoms. The van der Waals surface area contributed by atoms with E-state index in [0.29, 0.717) is 0 Å². The van der Waals surface area contributed by atoms with E-state index >= 15 is 0 Å². The Bertz CT molecular complexity index is 684. The van der Waals surface area contributed by atoms with Crippen LogP contribution < -0.4 is 16.4 Å². The van der Waals surface area contributed by atoms with E-state index in [1.54, 1.807) is 27.7 Å². The van der Waals surface area contributed by atoms with Crippen molar-refractivity contribution >= 4 is 29.6 Å². The topological polar surface area (TPSA) is 149 Å². The van der Waals surface area contributed by atoms with Gasteiger partial charge in [-0.3, -0.25) is 14.9 Å². The van der Waals surface area contributed by atoms with Crippen molar-refractivity contribution < 1.29 is 14.4 Å². The van der Waals surface area contributed by atoms with Crippen LogP contribution in [0, 0.1) is 39.9 Å². The molecular weight excluding hydrogens is 330 g/mol.